The molecule has 138 valence electrons. The smallest absolute Gasteiger partial charge is 0.404 e. The fourth-order valence-electron chi connectivity index (χ4n) is 2.84. The Balaban J connectivity index is 1.63. The van der Waals surface area contributed by atoms with Crippen LogP contribution in [-0.2, 0) is 4.74 Å². The number of ether oxygens (including phenoxy) is 2. The quantitative estimate of drug-likeness (QED) is 0.828. The second-order valence-electron chi connectivity index (χ2n) is 6.00. The van der Waals surface area contributed by atoms with Gasteiger partial charge in [-0.05, 0) is 36.8 Å². The molecule has 2 heterocycles. The number of benzene rings is 1. The van der Waals surface area contributed by atoms with Gasteiger partial charge in [-0.25, -0.2) is 9.18 Å². The van der Waals surface area contributed by atoms with Gasteiger partial charge in [0.15, 0.2) is 5.82 Å². The van der Waals surface area contributed by atoms with Gasteiger partial charge in [0.25, 0.3) is 0 Å². The van der Waals surface area contributed by atoms with E-state index in [-0.39, 0.29) is 22.7 Å². The Morgan fingerprint density at radius 3 is 2.88 bits per heavy atom. The van der Waals surface area contributed by atoms with Gasteiger partial charge in [-0.3, -0.25) is 4.98 Å². The Kier molecular flexibility index (Phi) is 5.90. The molecule has 8 heteroatoms. The van der Waals surface area contributed by atoms with Crippen LogP contribution in [0.1, 0.15) is 6.42 Å². The summed E-state index contributed by atoms with van der Waals surface area (Å²) < 4.78 is 25.0. The van der Waals surface area contributed by atoms with Crippen molar-refractivity contribution < 1.29 is 23.8 Å². The van der Waals surface area contributed by atoms with Crippen LogP contribution in [0.4, 0.5) is 9.18 Å². The molecule has 3 rings (SSSR count). The molecule has 0 aliphatic carbocycles. The second-order valence-corrected chi connectivity index (χ2v) is 6.44. The summed E-state index contributed by atoms with van der Waals surface area (Å²) in [5, 5.41) is 11.6. The number of pyridine rings is 1. The molecule has 0 radical (unpaired) electrons. The summed E-state index contributed by atoms with van der Waals surface area (Å²) in [6.45, 7) is 1.27. The highest BCUT2D eigenvalue weighted by atomic mass is 35.5. The average molecular weight is 381 g/mol. The predicted octanol–water partition coefficient (Wildman–Crippen LogP) is 3.59. The summed E-state index contributed by atoms with van der Waals surface area (Å²) in [6, 6.07) is 7.80. The summed E-state index contributed by atoms with van der Waals surface area (Å²) in [7, 11) is 0. The minimum atomic E-state index is -1.08. The lowest BCUT2D eigenvalue weighted by atomic mass is 9.96. The van der Waals surface area contributed by atoms with Gasteiger partial charge >= 0.3 is 6.09 Å². The van der Waals surface area contributed by atoms with Crippen LogP contribution in [0.25, 0.3) is 11.3 Å². The van der Waals surface area contributed by atoms with Crippen molar-refractivity contribution >= 4 is 17.7 Å². The standard InChI is InChI=1S/C18H18ClFN2O4/c19-13-7-15(20)17(21-8-13)11-1-3-14(4-2-11)26-9-12-5-6-25-10-16(12)22-18(23)24/h1-4,7-8,12,16,22H,5-6,9-10H2,(H,23,24)/t12-,16+/m1/s1. The van der Waals surface area contributed by atoms with Gasteiger partial charge in [0.1, 0.15) is 11.4 Å². The van der Waals surface area contributed by atoms with E-state index in [1.54, 1.807) is 24.3 Å². The van der Waals surface area contributed by atoms with E-state index in [0.717, 1.165) is 0 Å². The number of rotatable bonds is 5. The Morgan fingerprint density at radius 2 is 2.19 bits per heavy atom. The molecule has 1 fully saturated rings. The van der Waals surface area contributed by atoms with Crippen molar-refractivity contribution in [3.8, 4) is 17.0 Å². The van der Waals surface area contributed by atoms with Crippen LogP contribution in [0, 0.1) is 11.7 Å². The highest BCUT2D eigenvalue weighted by Gasteiger charge is 2.27. The SMILES string of the molecule is O=C(O)N[C@H]1COCC[C@@H]1COc1ccc(-c2ncc(Cl)cc2F)cc1. The zero-order valence-electron chi connectivity index (χ0n) is 13.8. The summed E-state index contributed by atoms with van der Waals surface area (Å²) in [5.41, 5.74) is 0.833. The molecule has 1 aromatic carbocycles. The van der Waals surface area contributed by atoms with E-state index in [4.69, 9.17) is 26.2 Å². The number of nitrogens with zero attached hydrogens (tertiary/aromatic N) is 1. The van der Waals surface area contributed by atoms with Crippen LogP contribution in [0.3, 0.4) is 0 Å². The first-order valence-corrected chi connectivity index (χ1v) is 8.52. The van der Waals surface area contributed by atoms with Crippen molar-refractivity contribution in [1.29, 1.82) is 0 Å². The van der Waals surface area contributed by atoms with Crippen molar-refractivity contribution in [1.82, 2.24) is 10.3 Å². The Labute approximate surface area is 154 Å². The van der Waals surface area contributed by atoms with Gasteiger partial charge in [-0.1, -0.05) is 11.6 Å². The summed E-state index contributed by atoms with van der Waals surface area (Å²) in [5.74, 6) is 0.148. The number of amides is 1. The van der Waals surface area contributed by atoms with E-state index in [1.165, 1.54) is 12.3 Å². The lowest BCUT2D eigenvalue weighted by Crippen LogP contribution is -2.47. The molecule has 0 bridgehead atoms. The molecule has 2 aromatic rings. The molecule has 0 unspecified atom stereocenters. The first kappa shape index (κ1) is 18.4. The van der Waals surface area contributed by atoms with Gasteiger partial charge < -0.3 is 19.9 Å². The molecule has 0 saturated carbocycles. The number of carbonyl (C=O) groups is 1. The van der Waals surface area contributed by atoms with Crippen molar-refractivity contribution in [2.75, 3.05) is 19.8 Å². The zero-order valence-corrected chi connectivity index (χ0v) is 14.6. The van der Waals surface area contributed by atoms with Gasteiger partial charge in [-0.2, -0.15) is 0 Å². The van der Waals surface area contributed by atoms with E-state index in [0.29, 0.717) is 37.6 Å². The van der Waals surface area contributed by atoms with E-state index < -0.39 is 11.9 Å². The minimum Gasteiger partial charge on any atom is -0.493 e. The monoisotopic (exact) mass is 380 g/mol. The third kappa shape index (κ3) is 4.62. The van der Waals surface area contributed by atoms with Gasteiger partial charge in [0.2, 0.25) is 0 Å². The van der Waals surface area contributed by atoms with Crippen molar-refractivity contribution in [3.63, 3.8) is 0 Å². The van der Waals surface area contributed by atoms with E-state index in [2.05, 4.69) is 10.3 Å². The molecule has 1 amide bonds. The fraction of sp³-hybridized carbons (Fsp3) is 0.333. The molecule has 26 heavy (non-hydrogen) atoms. The third-order valence-electron chi connectivity index (χ3n) is 4.21. The number of aromatic nitrogens is 1. The van der Waals surface area contributed by atoms with Gasteiger partial charge in [0.05, 0.1) is 24.3 Å². The highest BCUT2D eigenvalue weighted by molar-refractivity contribution is 6.30. The van der Waals surface area contributed by atoms with Crippen LogP contribution in [0.15, 0.2) is 36.5 Å². The lowest BCUT2D eigenvalue weighted by Gasteiger charge is -2.31. The minimum absolute atomic E-state index is 0.0231. The predicted molar refractivity (Wildman–Crippen MR) is 94.0 cm³/mol. The lowest BCUT2D eigenvalue weighted by molar-refractivity contribution is 0.0210. The van der Waals surface area contributed by atoms with Crippen LogP contribution < -0.4 is 10.1 Å². The first-order valence-electron chi connectivity index (χ1n) is 8.14. The molecule has 2 atom stereocenters. The molecule has 1 aromatic heterocycles. The van der Waals surface area contributed by atoms with Crippen molar-refractivity contribution in [2.24, 2.45) is 5.92 Å². The van der Waals surface area contributed by atoms with Gasteiger partial charge in [0, 0.05) is 24.3 Å². The largest absolute Gasteiger partial charge is 0.493 e. The molecule has 1 aliphatic heterocycles. The van der Waals surface area contributed by atoms with Crippen LogP contribution >= 0.6 is 11.6 Å². The van der Waals surface area contributed by atoms with Crippen molar-refractivity contribution in [3.05, 3.63) is 47.4 Å². The molecule has 2 N–H and O–H groups in total. The fourth-order valence-corrected chi connectivity index (χ4v) is 2.98. The third-order valence-corrected chi connectivity index (χ3v) is 4.41. The number of halogens is 2. The maximum atomic E-state index is 13.9. The maximum absolute atomic E-state index is 13.9. The molecule has 6 nitrogen and oxygen atoms in total. The van der Waals surface area contributed by atoms with E-state index >= 15 is 0 Å². The molecular formula is C18H18ClFN2O4. The Hall–Kier alpha value is -2.38. The topological polar surface area (TPSA) is 80.7 Å². The second kappa shape index (κ2) is 8.33. The first-order chi connectivity index (χ1) is 12.5. The summed E-state index contributed by atoms with van der Waals surface area (Å²) in [4.78, 5) is 14.9. The molecule has 0 spiro atoms. The van der Waals surface area contributed by atoms with E-state index in [1.807, 2.05) is 0 Å². The molecule has 1 aliphatic rings. The maximum Gasteiger partial charge on any atom is 0.404 e. The number of hydrogen-bond acceptors (Lipinski definition) is 4. The number of nitrogens with one attached hydrogen (secondary N) is 1. The van der Waals surface area contributed by atoms with Gasteiger partial charge in [-0.15, -0.1) is 0 Å². The average Bonchev–Trinajstić information content (AvgIpc) is 2.61. The summed E-state index contributed by atoms with van der Waals surface area (Å²) >= 11 is 5.71. The molecular weight excluding hydrogens is 363 g/mol. The van der Waals surface area contributed by atoms with Crippen LogP contribution in [0.2, 0.25) is 5.02 Å². The Morgan fingerprint density at radius 1 is 1.42 bits per heavy atom. The number of carboxylic acid groups (broad SMARTS) is 1. The Bertz CT molecular complexity index is 772. The van der Waals surface area contributed by atoms with Crippen LogP contribution in [0.5, 0.6) is 5.75 Å². The zero-order chi connectivity index (χ0) is 18.5. The van der Waals surface area contributed by atoms with Crippen molar-refractivity contribution in [2.45, 2.75) is 12.5 Å². The normalized spacial score (nSPS) is 19.8. The van der Waals surface area contributed by atoms with E-state index in [9.17, 15) is 9.18 Å². The van der Waals surface area contributed by atoms with Crippen LogP contribution in [-0.4, -0.2) is 42.0 Å². The number of hydrogen-bond donors (Lipinski definition) is 2. The molecule has 1 saturated heterocycles. The summed E-state index contributed by atoms with van der Waals surface area (Å²) in [6.07, 6.45) is 1.03. The highest BCUT2D eigenvalue weighted by Crippen LogP contribution is 2.25.